The van der Waals surface area contributed by atoms with Crippen molar-refractivity contribution < 1.29 is 9.53 Å². The van der Waals surface area contributed by atoms with Gasteiger partial charge in [-0.05, 0) is 28.1 Å². The zero-order valence-electron chi connectivity index (χ0n) is 7.37. The molecule has 1 rings (SSSR count). The van der Waals surface area contributed by atoms with Crippen molar-refractivity contribution in [3.63, 3.8) is 0 Å². The van der Waals surface area contributed by atoms with Crippen molar-refractivity contribution in [2.45, 2.75) is 0 Å². The molecule has 0 atom stereocenters. The second-order valence-corrected chi connectivity index (χ2v) is 3.37. The molecule has 0 aliphatic heterocycles. The lowest BCUT2D eigenvalue weighted by Gasteiger charge is -2.04. The van der Waals surface area contributed by atoms with Gasteiger partial charge in [0.2, 0.25) is 0 Å². The van der Waals surface area contributed by atoms with E-state index in [-0.39, 0.29) is 6.61 Å². The summed E-state index contributed by atoms with van der Waals surface area (Å²) >= 11 is 3.27. The van der Waals surface area contributed by atoms with Gasteiger partial charge >= 0.3 is 6.09 Å². The molecule has 0 radical (unpaired) electrons. The summed E-state index contributed by atoms with van der Waals surface area (Å²) in [5.74, 6) is 0.723. The van der Waals surface area contributed by atoms with Crippen molar-refractivity contribution in [2.24, 2.45) is 5.73 Å². The Bertz CT molecular complexity index is 302. The van der Waals surface area contributed by atoms with Gasteiger partial charge in [-0.2, -0.15) is 0 Å². The minimum absolute atomic E-state index is 0.229. The fraction of sp³-hybridized carbons (Fsp3) is 0.250. The number of pyridine rings is 1. The summed E-state index contributed by atoms with van der Waals surface area (Å²) in [6, 6.07) is 3.68. The minimum atomic E-state index is -0.768. The van der Waals surface area contributed by atoms with E-state index in [4.69, 9.17) is 5.73 Å². The number of ether oxygens (including phenoxy) is 1. The summed E-state index contributed by atoms with van der Waals surface area (Å²) in [4.78, 5) is 14.3. The van der Waals surface area contributed by atoms with Crippen molar-refractivity contribution in [3.05, 3.63) is 22.8 Å². The van der Waals surface area contributed by atoms with Gasteiger partial charge in [0.05, 0.1) is 6.54 Å². The normalized spacial score (nSPS) is 9.50. The molecule has 0 bridgehead atoms. The molecule has 14 heavy (non-hydrogen) atoms. The number of nitrogens with two attached hydrogens (primary N) is 1. The van der Waals surface area contributed by atoms with Crippen LogP contribution >= 0.6 is 15.9 Å². The number of amides is 1. The van der Waals surface area contributed by atoms with E-state index in [2.05, 4.69) is 31.0 Å². The van der Waals surface area contributed by atoms with Gasteiger partial charge in [0.15, 0.2) is 0 Å². The van der Waals surface area contributed by atoms with Crippen LogP contribution in [0.15, 0.2) is 22.8 Å². The smallest absolute Gasteiger partial charge is 0.404 e. The highest BCUT2D eigenvalue weighted by Crippen LogP contribution is 2.09. The lowest BCUT2D eigenvalue weighted by molar-refractivity contribution is 0.161. The Balaban J connectivity index is 2.25. The van der Waals surface area contributed by atoms with Gasteiger partial charge in [-0.15, -0.1) is 0 Å². The fourth-order valence-corrected chi connectivity index (χ4v) is 1.05. The molecule has 0 saturated carbocycles. The van der Waals surface area contributed by atoms with Gasteiger partial charge in [0, 0.05) is 10.7 Å². The van der Waals surface area contributed by atoms with E-state index in [1.807, 2.05) is 12.1 Å². The second kappa shape index (κ2) is 5.43. The van der Waals surface area contributed by atoms with Gasteiger partial charge in [-0.25, -0.2) is 9.78 Å². The molecule has 5 nitrogen and oxygen atoms in total. The molecule has 0 unspecified atom stereocenters. The summed E-state index contributed by atoms with van der Waals surface area (Å²) in [6.45, 7) is 0.713. The standard InChI is InChI=1S/C8H10BrN3O2/c9-6-1-2-7(12-5-6)11-3-4-14-8(10)13/h1-2,5H,3-4H2,(H2,10,13)(H,11,12). The maximum Gasteiger partial charge on any atom is 0.404 e. The van der Waals surface area contributed by atoms with Crippen molar-refractivity contribution in [3.8, 4) is 0 Å². The molecule has 0 aliphatic rings. The Labute approximate surface area is 89.8 Å². The summed E-state index contributed by atoms with van der Waals surface area (Å²) in [7, 11) is 0. The third-order valence-corrected chi connectivity index (χ3v) is 1.85. The van der Waals surface area contributed by atoms with E-state index in [0.717, 1.165) is 10.3 Å². The lowest BCUT2D eigenvalue weighted by atomic mass is 10.4. The molecule has 76 valence electrons. The van der Waals surface area contributed by atoms with Crippen LogP contribution in [0.4, 0.5) is 10.6 Å². The molecule has 0 saturated heterocycles. The summed E-state index contributed by atoms with van der Waals surface area (Å²) in [5.41, 5.74) is 4.78. The molecule has 0 fully saturated rings. The quantitative estimate of drug-likeness (QED) is 0.801. The number of hydrogen-bond acceptors (Lipinski definition) is 4. The first kappa shape index (κ1) is 10.8. The third-order valence-electron chi connectivity index (χ3n) is 1.38. The van der Waals surface area contributed by atoms with E-state index < -0.39 is 6.09 Å². The van der Waals surface area contributed by atoms with Crippen LogP contribution in [0.1, 0.15) is 0 Å². The third kappa shape index (κ3) is 4.08. The van der Waals surface area contributed by atoms with Gasteiger partial charge in [0.1, 0.15) is 12.4 Å². The predicted molar refractivity (Wildman–Crippen MR) is 56.0 cm³/mol. The molecule has 1 aromatic rings. The minimum Gasteiger partial charge on any atom is -0.448 e. The molecule has 0 spiro atoms. The zero-order chi connectivity index (χ0) is 10.4. The van der Waals surface area contributed by atoms with E-state index in [1.165, 1.54) is 0 Å². The number of carbonyl (C=O) groups excluding carboxylic acids is 1. The van der Waals surface area contributed by atoms with E-state index in [0.29, 0.717) is 6.54 Å². The van der Waals surface area contributed by atoms with E-state index in [1.54, 1.807) is 6.20 Å². The number of halogens is 1. The van der Waals surface area contributed by atoms with Crippen LogP contribution in [0.3, 0.4) is 0 Å². The number of anilines is 1. The molecule has 1 amide bonds. The maximum atomic E-state index is 10.2. The topological polar surface area (TPSA) is 77.2 Å². The number of rotatable bonds is 4. The van der Waals surface area contributed by atoms with Gasteiger partial charge in [0.25, 0.3) is 0 Å². The highest BCUT2D eigenvalue weighted by atomic mass is 79.9. The number of nitrogens with zero attached hydrogens (tertiary/aromatic N) is 1. The van der Waals surface area contributed by atoms with Crippen LogP contribution in [0, 0.1) is 0 Å². The summed E-state index contributed by atoms with van der Waals surface area (Å²) in [5, 5.41) is 2.96. The van der Waals surface area contributed by atoms with Crippen LogP contribution in [0.2, 0.25) is 0 Å². The van der Waals surface area contributed by atoms with Crippen molar-refractivity contribution in [1.82, 2.24) is 4.98 Å². The number of aromatic nitrogens is 1. The van der Waals surface area contributed by atoms with E-state index >= 15 is 0 Å². The highest BCUT2D eigenvalue weighted by molar-refractivity contribution is 9.10. The lowest BCUT2D eigenvalue weighted by Crippen LogP contribution is -2.18. The summed E-state index contributed by atoms with van der Waals surface area (Å²) < 4.78 is 5.44. The van der Waals surface area contributed by atoms with Crippen LogP contribution in [0.5, 0.6) is 0 Å². The van der Waals surface area contributed by atoms with Crippen molar-refractivity contribution >= 4 is 27.8 Å². The Morgan fingerprint density at radius 2 is 2.43 bits per heavy atom. The van der Waals surface area contributed by atoms with Gasteiger partial charge in [-0.3, -0.25) is 0 Å². The first-order valence-corrected chi connectivity index (χ1v) is 4.75. The maximum absolute atomic E-state index is 10.2. The molecule has 6 heteroatoms. The molecule has 3 N–H and O–H groups in total. The number of carbonyl (C=O) groups is 1. The Morgan fingerprint density at radius 3 is 3.00 bits per heavy atom. The first-order chi connectivity index (χ1) is 6.68. The Kier molecular flexibility index (Phi) is 4.18. The van der Waals surface area contributed by atoms with Gasteiger partial charge in [-0.1, -0.05) is 0 Å². The fourth-order valence-electron chi connectivity index (χ4n) is 0.811. The molecule has 1 aromatic heterocycles. The highest BCUT2D eigenvalue weighted by Gasteiger charge is 1.95. The van der Waals surface area contributed by atoms with Crippen molar-refractivity contribution in [2.75, 3.05) is 18.5 Å². The number of nitrogens with one attached hydrogen (secondary N) is 1. The van der Waals surface area contributed by atoms with Crippen LogP contribution < -0.4 is 11.1 Å². The number of hydrogen-bond donors (Lipinski definition) is 2. The number of primary amides is 1. The average molecular weight is 260 g/mol. The molecule has 0 aromatic carbocycles. The average Bonchev–Trinajstić information content (AvgIpc) is 2.15. The van der Waals surface area contributed by atoms with Crippen LogP contribution in [-0.2, 0) is 4.74 Å². The Hall–Kier alpha value is -1.30. The monoisotopic (exact) mass is 259 g/mol. The summed E-state index contributed by atoms with van der Waals surface area (Å²) in [6.07, 6.45) is 0.910. The predicted octanol–water partition coefficient (Wildman–Crippen LogP) is 1.35. The van der Waals surface area contributed by atoms with Crippen molar-refractivity contribution in [1.29, 1.82) is 0 Å². The molecular weight excluding hydrogens is 250 g/mol. The van der Waals surface area contributed by atoms with Crippen LogP contribution in [0.25, 0.3) is 0 Å². The largest absolute Gasteiger partial charge is 0.448 e. The van der Waals surface area contributed by atoms with E-state index in [9.17, 15) is 4.79 Å². The molecular formula is C8H10BrN3O2. The van der Waals surface area contributed by atoms with Gasteiger partial charge < -0.3 is 15.8 Å². The second-order valence-electron chi connectivity index (χ2n) is 2.46. The molecule has 1 heterocycles. The zero-order valence-corrected chi connectivity index (χ0v) is 8.95. The first-order valence-electron chi connectivity index (χ1n) is 3.96. The molecule has 0 aliphatic carbocycles. The van der Waals surface area contributed by atoms with Crippen LogP contribution in [-0.4, -0.2) is 24.2 Å². The Morgan fingerprint density at radius 1 is 1.64 bits per heavy atom. The SMILES string of the molecule is NC(=O)OCCNc1ccc(Br)cn1.